The fourth-order valence-electron chi connectivity index (χ4n) is 11.1. The Balaban J connectivity index is 5.22. The van der Waals surface area contributed by atoms with Gasteiger partial charge in [0.2, 0.25) is 0 Å². The van der Waals surface area contributed by atoms with Crippen molar-refractivity contribution < 1.29 is 80.2 Å². The van der Waals surface area contributed by atoms with Crippen LogP contribution in [0.25, 0.3) is 0 Å². The SMILES string of the molecule is CCCCCCCCCCCCCCCCCCCCC(=O)O[C@H](COC(=O)CCCCCCCCCCCCCCC)COP(=O)(O)OC[C@@H](O)COP(=O)(O)OC[C@@H](COC(=O)CCCCCCCCCCC)OC(=O)CCCCCCCCCCC(C)CC. The van der Waals surface area contributed by atoms with Crippen LogP contribution >= 0.6 is 15.6 Å². The number of hydrogen-bond acceptors (Lipinski definition) is 15. The van der Waals surface area contributed by atoms with E-state index in [1.165, 1.54) is 205 Å². The van der Waals surface area contributed by atoms with Crippen LogP contribution < -0.4 is 0 Å². The van der Waals surface area contributed by atoms with E-state index in [1.54, 1.807) is 0 Å². The Morgan fingerprint density at radius 3 is 0.772 bits per heavy atom. The van der Waals surface area contributed by atoms with Gasteiger partial charge in [0.15, 0.2) is 12.2 Å². The summed E-state index contributed by atoms with van der Waals surface area (Å²) in [4.78, 5) is 72.6. The van der Waals surface area contributed by atoms with Gasteiger partial charge in [-0.05, 0) is 31.6 Å². The molecule has 0 aliphatic heterocycles. The quantitative estimate of drug-likeness (QED) is 0.0222. The van der Waals surface area contributed by atoms with Gasteiger partial charge in [-0.1, -0.05) is 330 Å². The van der Waals surface area contributed by atoms with Crippen molar-refractivity contribution in [2.45, 2.75) is 400 Å². The number of aliphatic hydroxyl groups excluding tert-OH is 1. The molecule has 546 valence electrons. The van der Waals surface area contributed by atoms with Crippen LogP contribution in [0.15, 0.2) is 0 Å². The normalized spacial score (nSPS) is 14.3. The zero-order chi connectivity index (χ0) is 67.7. The number of carbonyl (C=O) groups excluding carboxylic acids is 4. The molecule has 0 spiro atoms. The van der Waals surface area contributed by atoms with E-state index in [4.69, 9.17) is 37.0 Å². The van der Waals surface area contributed by atoms with Gasteiger partial charge in [0, 0.05) is 25.7 Å². The van der Waals surface area contributed by atoms with Crippen molar-refractivity contribution in [3.8, 4) is 0 Å². The van der Waals surface area contributed by atoms with Crippen molar-refractivity contribution in [1.29, 1.82) is 0 Å². The minimum absolute atomic E-state index is 0.105. The Kier molecular flexibility index (Phi) is 64.9. The van der Waals surface area contributed by atoms with Crippen LogP contribution in [-0.2, 0) is 65.4 Å². The predicted octanol–water partition coefficient (Wildman–Crippen LogP) is 21.3. The molecule has 0 aromatic carbocycles. The Morgan fingerprint density at radius 2 is 0.522 bits per heavy atom. The van der Waals surface area contributed by atoms with Gasteiger partial charge < -0.3 is 33.8 Å². The second-order valence-corrected chi connectivity index (χ2v) is 29.5. The topological polar surface area (TPSA) is 237 Å². The molecule has 0 bridgehead atoms. The Morgan fingerprint density at radius 1 is 0.304 bits per heavy atom. The van der Waals surface area contributed by atoms with Crippen molar-refractivity contribution in [3.63, 3.8) is 0 Å². The van der Waals surface area contributed by atoms with Gasteiger partial charge in [-0.3, -0.25) is 37.3 Å². The largest absolute Gasteiger partial charge is 0.472 e. The van der Waals surface area contributed by atoms with E-state index in [1.807, 2.05) is 0 Å². The highest BCUT2D eigenvalue weighted by atomic mass is 31.2. The number of carbonyl (C=O) groups is 4. The van der Waals surface area contributed by atoms with Gasteiger partial charge in [-0.15, -0.1) is 0 Å². The number of rotatable bonds is 73. The van der Waals surface area contributed by atoms with Gasteiger partial charge in [0.1, 0.15) is 19.3 Å². The number of hydrogen-bond donors (Lipinski definition) is 3. The number of aliphatic hydroxyl groups is 1. The minimum atomic E-state index is -4.95. The van der Waals surface area contributed by atoms with E-state index in [0.717, 1.165) is 95.8 Å². The van der Waals surface area contributed by atoms with E-state index in [9.17, 15) is 43.2 Å². The number of ether oxygens (including phenoxy) is 4. The molecule has 0 aliphatic rings. The standard InChI is InChI=1S/C73H142O17P2/c1-6-10-13-16-19-22-24-26-27-28-29-30-32-34-37-43-48-53-58-72(77)89-68(63-84-71(76)57-52-47-42-36-33-31-25-23-20-17-14-11-7-2)64-87-91(79,80)85-60-67(74)61-86-92(81,82)88-65-69(62-83-70(75)56-51-46-41-35-21-18-15-12-8-3)90-73(78)59-54-49-44-39-38-40-45-50-55-66(5)9-4/h66-69,74H,6-65H2,1-5H3,(H,79,80)(H,81,82)/t66?,67-,68-,69-/m1/s1. The molecule has 3 N–H and O–H groups in total. The summed E-state index contributed by atoms with van der Waals surface area (Å²) in [6.07, 6.45) is 54.0. The monoisotopic (exact) mass is 1350 g/mol. The summed E-state index contributed by atoms with van der Waals surface area (Å²) < 4.78 is 68.4. The molecule has 92 heavy (non-hydrogen) atoms. The van der Waals surface area contributed by atoms with Gasteiger partial charge in [-0.2, -0.15) is 0 Å². The highest BCUT2D eigenvalue weighted by molar-refractivity contribution is 7.47. The van der Waals surface area contributed by atoms with E-state index in [2.05, 4.69) is 34.6 Å². The summed E-state index contributed by atoms with van der Waals surface area (Å²) >= 11 is 0. The third-order valence-electron chi connectivity index (χ3n) is 17.4. The second kappa shape index (κ2) is 66.3. The summed E-state index contributed by atoms with van der Waals surface area (Å²) in [5.41, 5.74) is 0. The third kappa shape index (κ3) is 65.4. The van der Waals surface area contributed by atoms with E-state index >= 15 is 0 Å². The maximum absolute atomic E-state index is 13.1. The molecule has 0 aliphatic carbocycles. The Hall–Kier alpha value is -1.94. The zero-order valence-electron chi connectivity index (χ0n) is 59.7. The summed E-state index contributed by atoms with van der Waals surface area (Å²) in [7, 11) is -9.90. The molecule has 0 heterocycles. The molecule has 0 rings (SSSR count). The van der Waals surface area contributed by atoms with Crippen molar-refractivity contribution >= 4 is 39.5 Å². The second-order valence-electron chi connectivity index (χ2n) is 26.6. The molecule has 6 atom stereocenters. The first-order valence-electron chi connectivity index (χ1n) is 38.2. The van der Waals surface area contributed by atoms with Crippen molar-refractivity contribution in [1.82, 2.24) is 0 Å². The number of unbranched alkanes of at least 4 members (excludes halogenated alkanes) is 44. The molecular weight excluding hydrogens is 1210 g/mol. The summed E-state index contributed by atoms with van der Waals surface area (Å²) in [6.45, 7) is 7.25. The van der Waals surface area contributed by atoms with Crippen molar-refractivity contribution in [2.24, 2.45) is 5.92 Å². The predicted molar refractivity (Wildman–Crippen MR) is 372 cm³/mol. The Bertz CT molecular complexity index is 1770. The van der Waals surface area contributed by atoms with Crippen LogP contribution in [0.5, 0.6) is 0 Å². The molecular formula is C73H142O17P2. The lowest BCUT2D eigenvalue weighted by Crippen LogP contribution is -2.30. The van der Waals surface area contributed by atoms with Crippen LogP contribution in [0.2, 0.25) is 0 Å². The van der Waals surface area contributed by atoms with E-state index < -0.39 is 97.5 Å². The summed E-state index contributed by atoms with van der Waals surface area (Å²) in [5.74, 6) is -1.35. The van der Waals surface area contributed by atoms with E-state index in [-0.39, 0.29) is 25.7 Å². The van der Waals surface area contributed by atoms with Gasteiger partial charge in [0.05, 0.1) is 26.4 Å². The zero-order valence-corrected chi connectivity index (χ0v) is 61.5. The molecule has 0 saturated heterocycles. The maximum atomic E-state index is 13.1. The molecule has 0 aromatic rings. The Labute approximate surface area is 562 Å². The van der Waals surface area contributed by atoms with Crippen LogP contribution in [-0.4, -0.2) is 96.7 Å². The first-order chi connectivity index (χ1) is 44.6. The highest BCUT2D eigenvalue weighted by Gasteiger charge is 2.30. The van der Waals surface area contributed by atoms with E-state index in [0.29, 0.717) is 25.7 Å². The molecule has 0 saturated carbocycles. The molecule has 0 aromatic heterocycles. The molecule has 19 heteroatoms. The lowest BCUT2D eigenvalue weighted by Gasteiger charge is -2.21. The number of phosphoric ester groups is 2. The number of phosphoric acid groups is 2. The fourth-order valence-corrected chi connectivity index (χ4v) is 12.7. The first kappa shape index (κ1) is 90.1. The lowest BCUT2D eigenvalue weighted by atomic mass is 9.99. The minimum Gasteiger partial charge on any atom is -0.462 e. The molecule has 3 unspecified atom stereocenters. The average molecular weight is 1350 g/mol. The van der Waals surface area contributed by atoms with Crippen LogP contribution in [0, 0.1) is 5.92 Å². The van der Waals surface area contributed by atoms with Gasteiger partial charge in [-0.25, -0.2) is 9.13 Å². The first-order valence-corrected chi connectivity index (χ1v) is 41.2. The van der Waals surface area contributed by atoms with Crippen molar-refractivity contribution in [3.05, 3.63) is 0 Å². The fraction of sp³-hybridized carbons (Fsp3) is 0.945. The third-order valence-corrected chi connectivity index (χ3v) is 19.3. The average Bonchev–Trinajstić information content (AvgIpc) is 1.96. The van der Waals surface area contributed by atoms with Gasteiger partial charge in [0.25, 0.3) is 0 Å². The van der Waals surface area contributed by atoms with Crippen LogP contribution in [0.3, 0.4) is 0 Å². The van der Waals surface area contributed by atoms with Gasteiger partial charge >= 0.3 is 39.5 Å². The molecule has 0 fully saturated rings. The maximum Gasteiger partial charge on any atom is 0.472 e. The summed E-state index contributed by atoms with van der Waals surface area (Å²) in [6, 6.07) is 0. The molecule has 17 nitrogen and oxygen atoms in total. The summed E-state index contributed by atoms with van der Waals surface area (Å²) in [5, 5.41) is 10.6. The highest BCUT2D eigenvalue weighted by Crippen LogP contribution is 2.45. The lowest BCUT2D eigenvalue weighted by molar-refractivity contribution is -0.161. The smallest absolute Gasteiger partial charge is 0.462 e. The molecule has 0 radical (unpaired) electrons. The molecule has 0 amide bonds. The van der Waals surface area contributed by atoms with Crippen molar-refractivity contribution in [2.75, 3.05) is 39.6 Å². The number of esters is 4. The van der Waals surface area contributed by atoms with Crippen LogP contribution in [0.4, 0.5) is 0 Å². The van der Waals surface area contributed by atoms with Crippen LogP contribution in [0.1, 0.15) is 381 Å².